The number of Topliss-reactive ketones (excluding diaryl/α,β-unsaturated/α-hetero) is 1. The van der Waals surface area contributed by atoms with Crippen LogP contribution in [0.25, 0.3) is 0 Å². The quantitative estimate of drug-likeness (QED) is 0.734. The van der Waals surface area contributed by atoms with Crippen LogP contribution < -0.4 is 5.32 Å². The van der Waals surface area contributed by atoms with Crippen LogP contribution in [0.4, 0.5) is 4.39 Å². The number of nitrogens with one attached hydrogen (secondary N) is 1. The normalized spacial score (nSPS) is 10.5. The molecule has 2 aromatic rings. The number of amides is 1. The molecule has 3 nitrogen and oxygen atoms in total. The highest BCUT2D eigenvalue weighted by molar-refractivity contribution is 6.35. The minimum atomic E-state index is -0.398. The zero-order chi connectivity index (χ0) is 17.5. The maximum absolute atomic E-state index is 12.8. The van der Waals surface area contributed by atoms with Gasteiger partial charge in [0.1, 0.15) is 5.82 Å². The van der Waals surface area contributed by atoms with Gasteiger partial charge in [-0.15, -0.1) is 0 Å². The maximum atomic E-state index is 12.8. The lowest BCUT2D eigenvalue weighted by molar-refractivity contribution is -0.121. The molecule has 0 spiro atoms. The molecule has 0 heterocycles. The third kappa shape index (κ3) is 5.62. The summed E-state index contributed by atoms with van der Waals surface area (Å²) in [5.74, 6) is -0.799. The molecular weight excluding hydrogens is 352 g/mol. The smallest absolute Gasteiger partial charge is 0.220 e. The fourth-order valence-electron chi connectivity index (χ4n) is 2.16. The Kier molecular flexibility index (Phi) is 6.76. The largest absolute Gasteiger partial charge is 0.356 e. The van der Waals surface area contributed by atoms with Crippen molar-refractivity contribution < 1.29 is 14.0 Å². The Hall–Kier alpha value is -1.91. The van der Waals surface area contributed by atoms with Crippen LogP contribution in [0.15, 0.2) is 42.5 Å². The molecule has 0 bridgehead atoms. The molecule has 0 aromatic heterocycles. The summed E-state index contributed by atoms with van der Waals surface area (Å²) in [6.45, 7) is 0.422. The number of hydrogen-bond acceptors (Lipinski definition) is 2. The highest BCUT2D eigenvalue weighted by Gasteiger charge is 2.09. The van der Waals surface area contributed by atoms with Gasteiger partial charge in [-0.3, -0.25) is 9.59 Å². The van der Waals surface area contributed by atoms with E-state index in [4.69, 9.17) is 23.2 Å². The van der Waals surface area contributed by atoms with Crippen molar-refractivity contribution >= 4 is 34.9 Å². The maximum Gasteiger partial charge on any atom is 0.220 e. The third-order valence-corrected chi connectivity index (χ3v) is 4.06. The summed E-state index contributed by atoms with van der Waals surface area (Å²) in [5, 5.41) is 3.87. The first kappa shape index (κ1) is 18.4. The van der Waals surface area contributed by atoms with E-state index in [0.717, 1.165) is 5.56 Å². The van der Waals surface area contributed by atoms with Gasteiger partial charge in [0.05, 0.1) is 0 Å². The van der Waals surface area contributed by atoms with Crippen LogP contribution in [0.5, 0.6) is 0 Å². The predicted molar refractivity (Wildman–Crippen MR) is 93.1 cm³/mol. The number of rotatable bonds is 7. The Morgan fingerprint density at radius 1 is 1.00 bits per heavy atom. The van der Waals surface area contributed by atoms with Crippen LogP contribution in [-0.4, -0.2) is 18.2 Å². The number of benzene rings is 2. The van der Waals surface area contributed by atoms with Gasteiger partial charge in [0, 0.05) is 35.0 Å². The third-order valence-electron chi connectivity index (χ3n) is 3.48. The summed E-state index contributed by atoms with van der Waals surface area (Å²) in [5.41, 5.74) is 1.29. The number of hydrogen-bond donors (Lipinski definition) is 1. The molecule has 126 valence electrons. The number of carbonyl (C=O) groups is 2. The lowest BCUT2D eigenvalue weighted by Gasteiger charge is -2.07. The zero-order valence-electron chi connectivity index (χ0n) is 12.8. The second-order valence-electron chi connectivity index (χ2n) is 5.27. The fourth-order valence-corrected chi connectivity index (χ4v) is 2.66. The molecule has 6 heteroatoms. The Labute approximate surface area is 149 Å². The van der Waals surface area contributed by atoms with E-state index in [1.165, 1.54) is 24.3 Å². The van der Waals surface area contributed by atoms with Crippen molar-refractivity contribution in [1.82, 2.24) is 5.32 Å². The molecule has 0 saturated heterocycles. The van der Waals surface area contributed by atoms with Crippen LogP contribution in [0.1, 0.15) is 28.8 Å². The average molecular weight is 368 g/mol. The van der Waals surface area contributed by atoms with E-state index in [-0.39, 0.29) is 24.5 Å². The molecule has 0 aliphatic heterocycles. The van der Waals surface area contributed by atoms with Crippen molar-refractivity contribution in [3.05, 3.63) is 69.5 Å². The Bertz CT molecular complexity index is 732. The van der Waals surface area contributed by atoms with Gasteiger partial charge >= 0.3 is 0 Å². The standard InChI is InChI=1S/C18H16Cl2FNO2/c19-14-4-1-12(16(20)11-14)9-10-22-18(24)8-7-17(23)13-2-5-15(21)6-3-13/h1-6,11H,7-10H2,(H,22,24). The van der Waals surface area contributed by atoms with Crippen molar-refractivity contribution in [2.75, 3.05) is 6.54 Å². The topological polar surface area (TPSA) is 46.2 Å². The number of halogens is 3. The summed E-state index contributed by atoms with van der Waals surface area (Å²) in [4.78, 5) is 23.7. The molecule has 2 aromatic carbocycles. The van der Waals surface area contributed by atoms with Crippen molar-refractivity contribution in [2.45, 2.75) is 19.3 Å². The summed E-state index contributed by atoms with van der Waals surface area (Å²) >= 11 is 11.9. The summed E-state index contributed by atoms with van der Waals surface area (Å²) in [6.07, 6.45) is 0.747. The Balaban J connectivity index is 1.73. The van der Waals surface area contributed by atoms with Crippen molar-refractivity contribution in [2.24, 2.45) is 0 Å². The highest BCUT2D eigenvalue weighted by atomic mass is 35.5. The van der Waals surface area contributed by atoms with Gasteiger partial charge in [0.2, 0.25) is 5.91 Å². The van der Waals surface area contributed by atoms with Gasteiger partial charge in [0.15, 0.2) is 5.78 Å². The molecule has 0 radical (unpaired) electrons. The molecule has 0 aliphatic carbocycles. The Morgan fingerprint density at radius 2 is 1.71 bits per heavy atom. The van der Waals surface area contributed by atoms with Gasteiger partial charge in [-0.2, -0.15) is 0 Å². The number of ketones is 1. The van der Waals surface area contributed by atoms with E-state index < -0.39 is 5.82 Å². The minimum absolute atomic E-state index is 0.0825. The van der Waals surface area contributed by atoms with Crippen LogP contribution >= 0.6 is 23.2 Å². The van der Waals surface area contributed by atoms with E-state index >= 15 is 0 Å². The second kappa shape index (κ2) is 8.81. The Morgan fingerprint density at radius 3 is 2.38 bits per heavy atom. The molecule has 2 rings (SSSR count). The summed E-state index contributed by atoms with van der Waals surface area (Å²) in [6, 6.07) is 10.5. The van der Waals surface area contributed by atoms with E-state index in [0.29, 0.717) is 28.6 Å². The van der Waals surface area contributed by atoms with E-state index in [1.807, 2.05) is 6.07 Å². The predicted octanol–water partition coefficient (Wildman–Crippen LogP) is 4.45. The van der Waals surface area contributed by atoms with Crippen molar-refractivity contribution in [3.63, 3.8) is 0 Å². The van der Waals surface area contributed by atoms with Gasteiger partial charge in [-0.1, -0.05) is 29.3 Å². The molecular formula is C18H16Cl2FNO2. The van der Waals surface area contributed by atoms with Gasteiger partial charge in [0.25, 0.3) is 0 Å². The molecule has 1 amide bonds. The molecule has 0 unspecified atom stereocenters. The van der Waals surface area contributed by atoms with Crippen LogP contribution in [0, 0.1) is 5.82 Å². The lowest BCUT2D eigenvalue weighted by Crippen LogP contribution is -2.26. The second-order valence-corrected chi connectivity index (χ2v) is 6.11. The molecule has 0 saturated carbocycles. The molecule has 0 aliphatic rings. The first-order chi connectivity index (χ1) is 11.5. The average Bonchev–Trinajstić information content (AvgIpc) is 2.55. The van der Waals surface area contributed by atoms with Crippen LogP contribution in [-0.2, 0) is 11.2 Å². The van der Waals surface area contributed by atoms with Crippen LogP contribution in [0.2, 0.25) is 10.0 Å². The molecule has 1 N–H and O–H groups in total. The van der Waals surface area contributed by atoms with Gasteiger partial charge in [-0.25, -0.2) is 4.39 Å². The highest BCUT2D eigenvalue weighted by Crippen LogP contribution is 2.21. The molecule has 24 heavy (non-hydrogen) atoms. The lowest BCUT2D eigenvalue weighted by atomic mass is 10.1. The van der Waals surface area contributed by atoms with Gasteiger partial charge < -0.3 is 5.32 Å². The summed E-state index contributed by atoms with van der Waals surface area (Å²) < 4.78 is 12.8. The van der Waals surface area contributed by atoms with Crippen molar-refractivity contribution in [3.8, 4) is 0 Å². The zero-order valence-corrected chi connectivity index (χ0v) is 14.3. The molecule has 0 atom stereocenters. The first-order valence-electron chi connectivity index (χ1n) is 7.45. The van der Waals surface area contributed by atoms with E-state index in [2.05, 4.69) is 5.32 Å². The van der Waals surface area contributed by atoms with Gasteiger partial charge in [-0.05, 0) is 48.4 Å². The summed E-state index contributed by atoms with van der Waals surface area (Å²) in [7, 11) is 0. The fraction of sp³-hybridized carbons (Fsp3) is 0.222. The minimum Gasteiger partial charge on any atom is -0.356 e. The van der Waals surface area contributed by atoms with E-state index in [1.54, 1.807) is 12.1 Å². The van der Waals surface area contributed by atoms with Crippen LogP contribution in [0.3, 0.4) is 0 Å². The monoisotopic (exact) mass is 367 g/mol. The number of carbonyl (C=O) groups excluding carboxylic acids is 2. The van der Waals surface area contributed by atoms with E-state index in [9.17, 15) is 14.0 Å². The first-order valence-corrected chi connectivity index (χ1v) is 8.20. The SMILES string of the molecule is O=C(CCC(=O)c1ccc(F)cc1)NCCc1ccc(Cl)cc1Cl. The van der Waals surface area contributed by atoms with Crippen molar-refractivity contribution in [1.29, 1.82) is 0 Å². The molecule has 0 fully saturated rings.